The summed E-state index contributed by atoms with van der Waals surface area (Å²) in [5, 5.41) is 0. The fourth-order valence-electron chi connectivity index (χ4n) is 1.64. The van der Waals surface area contributed by atoms with Gasteiger partial charge in [0, 0.05) is 19.2 Å². The van der Waals surface area contributed by atoms with E-state index in [0.29, 0.717) is 0 Å². The lowest BCUT2D eigenvalue weighted by Crippen LogP contribution is -2.05. The molecule has 0 bridgehead atoms. The Hall–Kier alpha value is -0.680. The summed E-state index contributed by atoms with van der Waals surface area (Å²) in [6.07, 6.45) is 0. The molecule has 2 rings (SSSR count). The van der Waals surface area contributed by atoms with E-state index in [4.69, 9.17) is 0 Å². The van der Waals surface area contributed by atoms with Crippen molar-refractivity contribution >= 4 is 44.3 Å². The molecule has 0 aromatic heterocycles. The summed E-state index contributed by atoms with van der Waals surface area (Å²) in [5.41, 5.74) is 2.52. The number of halogens is 2. The molecule has 3 heteroatoms. The maximum absolute atomic E-state index is 12.4. The molecule has 0 fully saturated rings. The van der Waals surface area contributed by atoms with Crippen LogP contribution in [0.1, 0.15) is 21.5 Å². The van der Waals surface area contributed by atoms with E-state index in [9.17, 15) is 4.79 Å². The second kappa shape index (κ2) is 5.31. The fraction of sp³-hybridized carbons (Fsp3) is 0.0714. The zero-order chi connectivity index (χ0) is 12.4. The van der Waals surface area contributed by atoms with Gasteiger partial charge in [0.25, 0.3) is 0 Å². The van der Waals surface area contributed by atoms with Crippen molar-refractivity contribution in [2.75, 3.05) is 0 Å². The minimum Gasteiger partial charge on any atom is -0.289 e. The number of carbonyl (C=O) groups is 1. The molecule has 0 unspecified atom stereocenters. The number of hydrogen-bond donors (Lipinski definition) is 0. The molecule has 0 amide bonds. The summed E-state index contributed by atoms with van der Waals surface area (Å²) in [6, 6.07) is 13.4. The van der Waals surface area contributed by atoms with Gasteiger partial charge in [-0.25, -0.2) is 0 Å². The quantitative estimate of drug-likeness (QED) is 0.532. The molecular formula is C14H10BrIO. The van der Waals surface area contributed by atoms with Crippen LogP contribution >= 0.6 is 38.5 Å². The van der Waals surface area contributed by atoms with Gasteiger partial charge in [-0.3, -0.25) is 4.79 Å². The van der Waals surface area contributed by atoms with Crippen molar-refractivity contribution in [1.82, 2.24) is 0 Å². The lowest BCUT2D eigenvalue weighted by Gasteiger charge is -2.07. The largest absolute Gasteiger partial charge is 0.289 e. The SMILES string of the molecule is Cc1ccccc1C(=O)c1cc(Br)ccc1I. The first-order valence-electron chi connectivity index (χ1n) is 5.15. The molecule has 0 heterocycles. The predicted molar refractivity (Wildman–Crippen MR) is 81.5 cm³/mol. The summed E-state index contributed by atoms with van der Waals surface area (Å²) in [7, 11) is 0. The highest BCUT2D eigenvalue weighted by atomic mass is 127. The van der Waals surface area contributed by atoms with Crippen LogP contribution in [-0.4, -0.2) is 5.78 Å². The van der Waals surface area contributed by atoms with Gasteiger partial charge < -0.3 is 0 Å². The van der Waals surface area contributed by atoms with Crippen LogP contribution in [0.15, 0.2) is 46.9 Å². The molecule has 0 radical (unpaired) electrons. The average Bonchev–Trinajstić information content (AvgIpc) is 2.32. The number of hydrogen-bond acceptors (Lipinski definition) is 1. The molecule has 0 N–H and O–H groups in total. The van der Waals surface area contributed by atoms with Crippen LogP contribution in [-0.2, 0) is 0 Å². The molecule has 17 heavy (non-hydrogen) atoms. The third-order valence-corrected chi connectivity index (χ3v) is 4.00. The van der Waals surface area contributed by atoms with Crippen molar-refractivity contribution in [3.63, 3.8) is 0 Å². The summed E-state index contributed by atoms with van der Waals surface area (Å²) < 4.78 is 1.90. The number of aryl methyl sites for hydroxylation is 1. The van der Waals surface area contributed by atoms with Gasteiger partial charge in [0.05, 0.1) is 0 Å². The van der Waals surface area contributed by atoms with E-state index >= 15 is 0 Å². The highest BCUT2D eigenvalue weighted by molar-refractivity contribution is 14.1. The molecular weight excluding hydrogens is 391 g/mol. The predicted octanol–water partition coefficient (Wildman–Crippen LogP) is 4.59. The molecule has 86 valence electrons. The second-order valence-corrected chi connectivity index (χ2v) is 5.85. The van der Waals surface area contributed by atoms with Crippen LogP contribution in [0, 0.1) is 10.5 Å². The van der Waals surface area contributed by atoms with Crippen molar-refractivity contribution in [3.05, 3.63) is 67.2 Å². The van der Waals surface area contributed by atoms with E-state index in [1.54, 1.807) is 0 Å². The average molecular weight is 401 g/mol. The molecule has 0 saturated heterocycles. The zero-order valence-corrected chi connectivity index (χ0v) is 12.9. The maximum Gasteiger partial charge on any atom is 0.194 e. The van der Waals surface area contributed by atoms with Crippen LogP contribution in [0.4, 0.5) is 0 Å². The van der Waals surface area contributed by atoms with E-state index in [2.05, 4.69) is 38.5 Å². The van der Waals surface area contributed by atoms with Crippen LogP contribution in [0.3, 0.4) is 0 Å². The molecule has 0 aliphatic heterocycles. The summed E-state index contributed by atoms with van der Waals surface area (Å²) in [5.74, 6) is 0.0776. The Kier molecular flexibility index (Phi) is 3.99. The molecule has 2 aromatic carbocycles. The van der Waals surface area contributed by atoms with Crippen molar-refractivity contribution in [1.29, 1.82) is 0 Å². The number of rotatable bonds is 2. The van der Waals surface area contributed by atoms with Gasteiger partial charge in [-0.05, 0) is 53.3 Å². The van der Waals surface area contributed by atoms with Crippen molar-refractivity contribution in [2.45, 2.75) is 6.92 Å². The molecule has 0 aliphatic rings. The fourth-order valence-corrected chi connectivity index (χ4v) is 2.59. The first kappa shape index (κ1) is 12.8. The third kappa shape index (κ3) is 2.77. The van der Waals surface area contributed by atoms with Gasteiger partial charge in [0.1, 0.15) is 0 Å². The number of benzene rings is 2. The normalized spacial score (nSPS) is 10.3. The molecule has 1 nitrogen and oxygen atoms in total. The Balaban J connectivity index is 2.51. The summed E-state index contributed by atoms with van der Waals surface area (Å²) >= 11 is 5.59. The zero-order valence-electron chi connectivity index (χ0n) is 9.21. The van der Waals surface area contributed by atoms with Gasteiger partial charge in [0.2, 0.25) is 0 Å². The topological polar surface area (TPSA) is 17.1 Å². The Morgan fingerprint density at radius 3 is 2.53 bits per heavy atom. The van der Waals surface area contributed by atoms with Crippen molar-refractivity contribution < 1.29 is 4.79 Å². The summed E-state index contributed by atoms with van der Waals surface area (Å²) in [4.78, 5) is 12.4. The van der Waals surface area contributed by atoms with Gasteiger partial charge >= 0.3 is 0 Å². The molecule has 0 spiro atoms. The summed E-state index contributed by atoms with van der Waals surface area (Å²) in [6.45, 7) is 1.96. The molecule has 0 aliphatic carbocycles. The lowest BCUT2D eigenvalue weighted by atomic mass is 9.99. The molecule has 2 aromatic rings. The minimum absolute atomic E-state index is 0.0776. The van der Waals surface area contributed by atoms with Crippen molar-refractivity contribution in [2.24, 2.45) is 0 Å². The smallest absolute Gasteiger partial charge is 0.194 e. The van der Waals surface area contributed by atoms with E-state index in [1.165, 1.54) is 0 Å². The van der Waals surface area contributed by atoms with E-state index in [-0.39, 0.29) is 5.78 Å². The van der Waals surface area contributed by atoms with E-state index in [0.717, 1.165) is 24.7 Å². The van der Waals surface area contributed by atoms with Crippen LogP contribution in [0.25, 0.3) is 0 Å². The first-order chi connectivity index (χ1) is 8.09. The Labute approximate surface area is 123 Å². The highest BCUT2D eigenvalue weighted by Gasteiger charge is 2.14. The van der Waals surface area contributed by atoms with Gasteiger partial charge in [-0.15, -0.1) is 0 Å². The highest BCUT2D eigenvalue weighted by Crippen LogP contribution is 2.22. The maximum atomic E-state index is 12.4. The monoisotopic (exact) mass is 400 g/mol. The van der Waals surface area contributed by atoms with E-state index in [1.807, 2.05) is 49.4 Å². The lowest BCUT2D eigenvalue weighted by molar-refractivity contribution is 0.103. The first-order valence-corrected chi connectivity index (χ1v) is 7.02. The molecule has 0 saturated carbocycles. The van der Waals surface area contributed by atoms with Crippen molar-refractivity contribution in [3.8, 4) is 0 Å². The van der Waals surface area contributed by atoms with Gasteiger partial charge in [-0.2, -0.15) is 0 Å². The van der Waals surface area contributed by atoms with Crippen LogP contribution in [0.5, 0.6) is 0 Å². The minimum atomic E-state index is 0.0776. The van der Waals surface area contributed by atoms with Gasteiger partial charge in [-0.1, -0.05) is 40.2 Å². The van der Waals surface area contributed by atoms with E-state index < -0.39 is 0 Å². The standard InChI is InChI=1S/C14H10BrIO/c1-9-4-2-3-5-11(9)14(17)12-8-10(15)6-7-13(12)16/h2-8H,1H3. The molecule has 0 atom stereocenters. The Morgan fingerprint density at radius 2 is 1.82 bits per heavy atom. The van der Waals surface area contributed by atoms with Crippen LogP contribution < -0.4 is 0 Å². The number of carbonyl (C=O) groups excluding carboxylic acids is 1. The second-order valence-electron chi connectivity index (χ2n) is 3.77. The van der Waals surface area contributed by atoms with Crippen LogP contribution in [0.2, 0.25) is 0 Å². The Bertz CT molecular complexity index is 578. The van der Waals surface area contributed by atoms with Gasteiger partial charge in [0.15, 0.2) is 5.78 Å². The number of ketones is 1. The third-order valence-electron chi connectivity index (χ3n) is 2.56. The Morgan fingerprint density at radius 1 is 1.12 bits per heavy atom.